The minimum absolute atomic E-state index is 0.491. The Kier molecular flexibility index (Phi) is 2.37. The van der Waals surface area contributed by atoms with E-state index in [0.29, 0.717) is 4.77 Å². The molecule has 2 aromatic rings. The maximum atomic E-state index is 4.96. The number of nitrogens with zero attached hydrogens (tertiary/aromatic N) is 2. The maximum Gasteiger partial charge on any atom is 0.197 e. The minimum atomic E-state index is 0.491. The van der Waals surface area contributed by atoms with Crippen LogP contribution < -0.4 is 0 Å². The fourth-order valence-corrected chi connectivity index (χ4v) is 1.44. The van der Waals surface area contributed by atoms with Crippen molar-refractivity contribution in [3.05, 3.63) is 41.1 Å². The Morgan fingerprint density at radius 2 is 2.14 bits per heavy atom. The molecule has 0 aromatic carbocycles. The van der Waals surface area contributed by atoms with Crippen molar-refractivity contribution in [3.8, 4) is 11.3 Å². The number of aryl methyl sites for hydroxylation is 1. The molecule has 0 saturated carbocycles. The van der Waals surface area contributed by atoms with Crippen molar-refractivity contribution in [2.75, 3.05) is 0 Å². The predicted octanol–water partition coefficient (Wildman–Crippen LogP) is 2.51. The van der Waals surface area contributed by atoms with Gasteiger partial charge in [-0.1, -0.05) is 0 Å². The van der Waals surface area contributed by atoms with Gasteiger partial charge in [0.2, 0.25) is 0 Å². The first-order chi connectivity index (χ1) is 6.77. The van der Waals surface area contributed by atoms with E-state index in [2.05, 4.69) is 15.0 Å². The van der Waals surface area contributed by atoms with Crippen molar-refractivity contribution in [1.82, 2.24) is 15.0 Å². The molecule has 0 atom stereocenters. The highest BCUT2D eigenvalue weighted by Crippen LogP contribution is 2.18. The summed E-state index contributed by atoms with van der Waals surface area (Å²) in [5, 5.41) is 0. The highest BCUT2D eigenvalue weighted by atomic mass is 32.1. The van der Waals surface area contributed by atoms with Gasteiger partial charge in [-0.2, -0.15) is 0 Å². The third-order valence-corrected chi connectivity index (χ3v) is 2.21. The van der Waals surface area contributed by atoms with E-state index in [-0.39, 0.29) is 0 Å². The van der Waals surface area contributed by atoms with E-state index in [4.69, 9.17) is 12.2 Å². The van der Waals surface area contributed by atoms with Crippen molar-refractivity contribution >= 4 is 12.2 Å². The Hall–Kier alpha value is -1.55. The SMILES string of the molecule is Cc1ccncc1-c1ccnc(=S)[nH]1. The van der Waals surface area contributed by atoms with E-state index in [1.807, 2.05) is 25.3 Å². The summed E-state index contributed by atoms with van der Waals surface area (Å²) in [6.45, 7) is 2.04. The topological polar surface area (TPSA) is 41.6 Å². The summed E-state index contributed by atoms with van der Waals surface area (Å²) in [6.07, 6.45) is 5.28. The molecule has 0 fully saturated rings. The van der Waals surface area contributed by atoms with Gasteiger partial charge in [0.25, 0.3) is 0 Å². The minimum Gasteiger partial charge on any atom is -0.330 e. The fourth-order valence-electron chi connectivity index (χ4n) is 1.27. The normalized spacial score (nSPS) is 10.1. The van der Waals surface area contributed by atoms with Gasteiger partial charge >= 0.3 is 0 Å². The van der Waals surface area contributed by atoms with Gasteiger partial charge < -0.3 is 4.98 Å². The van der Waals surface area contributed by atoms with Crippen molar-refractivity contribution in [3.63, 3.8) is 0 Å². The molecule has 0 aliphatic rings. The van der Waals surface area contributed by atoms with Gasteiger partial charge in [-0.3, -0.25) is 4.98 Å². The van der Waals surface area contributed by atoms with Crippen LogP contribution in [0.3, 0.4) is 0 Å². The predicted molar refractivity (Wildman–Crippen MR) is 57.4 cm³/mol. The average molecular weight is 203 g/mol. The van der Waals surface area contributed by atoms with Crippen molar-refractivity contribution in [2.45, 2.75) is 6.92 Å². The van der Waals surface area contributed by atoms with E-state index in [1.165, 1.54) is 0 Å². The lowest BCUT2D eigenvalue weighted by Crippen LogP contribution is -1.89. The van der Waals surface area contributed by atoms with Crippen molar-refractivity contribution in [2.24, 2.45) is 0 Å². The molecular weight excluding hydrogens is 194 g/mol. The van der Waals surface area contributed by atoms with E-state index < -0.39 is 0 Å². The Labute approximate surface area is 86.9 Å². The van der Waals surface area contributed by atoms with Gasteiger partial charge in [-0.05, 0) is 36.8 Å². The van der Waals surface area contributed by atoms with Gasteiger partial charge in [0, 0.05) is 24.2 Å². The van der Waals surface area contributed by atoms with E-state index in [9.17, 15) is 0 Å². The van der Waals surface area contributed by atoms with Crippen LogP contribution in [0.2, 0.25) is 0 Å². The van der Waals surface area contributed by atoms with Crippen LogP contribution in [0.25, 0.3) is 11.3 Å². The molecule has 4 heteroatoms. The highest BCUT2D eigenvalue weighted by Gasteiger charge is 2.00. The van der Waals surface area contributed by atoms with Crippen LogP contribution >= 0.6 is 12.2 Å². The van der Waals surface area contributed by atoms with E-state index >= 15 is 0 Å². The molecule has 0 unspecified atom stereocenters. The van der Waals surface area contributed by atoms with Gasteiger partial charge in [0.1, 0.15) is 0 Å². The monoisotopic (exact) mass is 203 g/mol. The molecule has 0 saturated heterocycles. The molecule has 2 rings (SSSR count). The number of rotatable bonds is 1. The van der Waals surface area contributed by atoms with Crippen LogP contribution in [-0.2, 0) is 0 Å². The molecule has 0 spiro atoms. The number of H-pyrrole nitrogens is 1. The maximum absolute atomic E-state index is 4.96. The lowest BCUT2D eigenvalue weighted by molar-refractivity contribution is 1.13. The summed E-state index contributed by atoms with van der Waals surface area (Å²) in [5.41, 5.74) is 3.17. The summed E-state index contributed by atoms with van der Waals surface area (Å²) in [7, 11) is 0. The Morgan fingerprint density at radius 1 is 1.29 bits per heavy atom. The molecule has 2 aromatic heterocycles. The summed E-state index contributed by atoms with van der Waals surface area (Å²) >= 11 is 4.96. The zero-order valence-electron chi connectivity index (χ0n) is 7.69. The molecule has 0 aliphatic heterocycles. The lowest BCUT2D eigenvalue weighted by Gasteiger charge is -2.03. The summed E-state index contributed by atoms with van der Waals surface area (Å²) in [6, 6.07) is 3.85. The quantitative estimate of drug-likeness (QED) is 0.724. The number of hydrogen-bond donors (Lipinski definition) is 1. The van der Waals surface area contributed by atoms with Gasteiger partial charge in [0.15, 0.2) is 4.77 Å². The van der Waals surface area contributed by atoms with Gasteiger partial charge in [-0.25, -0.2) is 4.98 Å². The molecular formula is C10H9N3S. The van der Waals surface area contributed by atoms with Crippen LogP contribution in [-0.4, -0.2) is 15.0 Å². The molecule has 0 radical (unpaired) electrons. The zero-order chi connectivity index (χ0) is 9.97. The third-order valence-electron chi connectivity index (χ3n) is 2.00. The standard InChI is InChI=1S/C10H9N3S/c1-7-2-4-11-6-8(7)9-3-5-12-10(14)13-9/h2-6H,1H3,(H,12,13,14). The number of aromatic amines is 1. The fraction of sp³-hybridized carbons (Fsp3) is 0.100. The molecule has 0 amide bonds. The Balaban J connectivity index is 2.61. The van der Waals surface area contributed by atoms with Crippen LogP contribution in [0, 0.1) is 11.7 Å². The largest absolute Gasteiger partial charge is 0.330 e. The summed E-state index contributed by atoms with van der Waals surface area (Å²) in [5.74, 6) is 0. The van der Waals surface area contributed by atoms with Crippen LogP contribution in [0.15, 0.2) is 30.7 Å². The molecule has 0 bridgehead atoms. The second-order valence-corrected chi connectivity index (χ2v) is 3.37. The third kappa shape index (κ3) is 1.70. The van der Waals surface area contributed by atoms with Crippen molar-refractivity contribution in [1.29, 1.82) is 0 Å². The van der Waals surface area contributed by atoms with E-state index in [1.54, 1.807) is 12.4 Å². The second-order valence-electron chi connectivity index (χ2n) is 2.98. The average Bonchev–Trinajstić information content (AvgIpc) is 2.18. The smallest absolute Gasteiger partial charge is 0.197 e. The molecule has 14 heavy (non-hydrogen) atoms. The zero-order valence-corrected chi connectivity index (χ0v) is 8.51. The first-order valence-corrected chi connectivity index (χ1v) is 4.64. The first kappa shape index (κ1) is 9.02. The number of aromatic nitrogens is 3. The lowest BCUT2D eigenvalue weighted by atomic mass is 10.1. The van der Waals surface area contributed by atoms with Crippen molar-refractivity contribution < 1.29 is 0 Å². The van der Waals surface area contributed by atoms with Crippen LogP contribution in [0.5, 0.6) is 0 Å². The molecule has 1 N–H and O–H groups in total. The van der Waals surface area contributed by atoms with Crippen LogP contribution in [0.1, 0.15) is 5.56 Å². The Bertz CT molecular complexity index is 504. The molecule has 70 valence electrons. The number of hydrogen-bond acceptors (Lipinski definition) is 3. The number of nitrogens with one attached hydrogen (secondary N) is 1. The molecule has 2 heterocycles. The van der Waals surface area contributed by atoms with Gasteiger partial charge in [0.05, 0.1) is 5.69 Å². The number of pyridine rings is 1. The van der Waals surface area contributed by atoms with Crippen LogP contribution in [0.4, 0.5) is 0 Å². The Morgan fingerprint density at radius 3 is 2.86 bits per heavy atom. The second kappa shape index (κ2) is 3.67. The molecule has 0 aliphatic carbocycles. The summed E-state index contributed by atoms with van der Waals surface area (Å²) in [4.78, 5) is 11.0. The molecule has 3 nitrogen and oxygen atoms in total. The highest BCUT2D eigenvalue weighted by molar-refractivity contribution is 7.71. The summed E-state index contributed by atoms with van der Waals surface area (Å²) < 4.78 is 0.491. The van der Waals surface area contributed by atoms with Gasteiger partial charge in [-0.15, -0.1) is 0 Å². The first-order valence-electron chi connectivity index (χ1n) is 4.24. The van der Waals surface area contributed by atoms with E-state index in [0.717, 1.165) is 16.8 Å².